The second-order valence-corrected chi connectivity index (χ2v) is 26.1. The van der Waals surface area contributed by atoms with E-state index in [-0.39, 0.29) is 5.41 Å². The average molecular weight is 1410 g/mol. The van der Waals surface area contributed by atoms with Crippen LogP contribution >= 0.6 is 47.8 Å². The highest BCUT2D eigenvalue weighted by molar-refractivity contribution is 9.11. The van der Waals surface area contributed by atoms with Crippen LogP contribution in [0.15, 0.2) is 305 Å². The van der Waals surface area contributed by atoms with Gasteiger partial charge in [0, 0.05) is 70.8 Å². The van der Waals surface area contributed by atoms with Crippen molar-refractivity contribution in [3.05, 3.63) is 316 Å². The SMILES string of the molecule is Brc1cccc(-c2nc(-c3cc(-c4ccccc4)cc(-c4ccccc4)c3)c3ncccc3n2)c1.Brc1cccc(-c2nc(-c3ccc4ccccc4c3)c3ncccc3n2)c1.CC1(C)c2ccccc2-c2ccc(-c3nc(-c4cccc(Br)c4)nc4cccnc34)cc21. The van der Waals surface area contributed by atoms with Crippen LogP contribution in [0.4, 0.5) is 0 Å². The average Bonchev–Trinajstić information content (AvgIpc) is 1.57. The van der Waals surface area contributed by atoms with Gasteiger partial charge in [-0.25, -0.2) is 29.9 Å². The highest BCUT2D eigenvalue weighted by Gasteiger charge is 2.35. The van der Waals surface area contributed by atoms with Crippen LogP contribution in [-0.4, -0.2) is 44.9 Å². The Balaban J connectivity index is 0.000000117. The Morgan fingerprint density at radius 1 is 0.255 bits per heavy atom. The number of hydrogen-bond acceptors (Lipinski definition) is 9. The monoisotopic (exact) mass is 1400 g/mol. The third-order valence-electron chi connectivity index (χ3n) is 16.9. The van der Waals surface area contributed by atoms with Crippen LogP contribution in [0.5, 0.6) is 0 Å². The molecule has 0 fully saturated rings. The first kappa shape index (κ1) is 59.7. The lowest BCUT2D eigenvalue weighted by molar-refractivity contribution is 0.660. The summed E-state index contributed by atoms with van der Waals surface area (Å²) in [6.07, 6.45) is 5.39. The molecule has 0 aliphatic heterocycles. The molecule has 0 spiro atoms. The van der Waals surface area contributed by atoms with E-state index in [1.165, 1.54) is 33.0 Å². The number of hydrogen-bond donors (Lipinski definition) is 0. The molecule has 9 nitrogen and oxygen atoms in total. The normalized spacial score (nSPS) is 12.0. The van der Waals surface area contributed by atoms with Crippen LogP contribution in [-0.2, 0) is 5.41 Å². The maximum Gasteiger partial charge on any atom is 0.160 e. The van der Waals surface area contributed by atoms with Crippen molar-refractivity contribution < 1.29 is 0 Å². The van der Waals surface area contributed by atoms with E-state index in [0.29, 0.717) is 17.5 Å². The molecule has 94 heavy (non-hydrogen) atoms. The molecule has 17 rings (SSSR count). The van der Waals surface area contributed by atoms with E-state index in [1.807, 2.05) is 121 Å². The topological polar surface area (TPSA) is 116 Å². The third-order valence-corrected chi connectivity index (χ3v) is 18.4. The number of rotatable bonds is 8. The minimum Gasteiger partial charge on any atom is -0.252 e. The molecule has 0 N–H and O–H groups in total. The van der Waals surface area contributed by atoms with Crippen LogP contribution in [0.2, 0.25) is 0 Å². The van der Waals surface area contributed by atoms with Crippen LogP contribution in [0.25, 0.3) is 145 Å². The molecule has 0 saturated heterocycles. The van der Waals surface area contributed by atoms with E-state index in [1.54, 1.807) is 18.6 Å². The molecule has 6 heterocycles. The molecule has 0 unspecified atom stereocenters. The van der Waals surface area contributed by atoms with Crippen molar-refractivity contribution in [3.63, 3.8) is 0 Å². The van der Waals surface area contributed by atoms with Crippen molar-refractivity contribution in [1.82, 2.24) is 44.9 Å². The summed E-state index contributed by atoms with van der Waals surface area (Å²) in [7, 11) is 0. The summed E-state index contributed by atoms with van der Waals surface area (Å²) in [4.78, 5) is 43.2. The molecule has 6 aromatic heterocycles. The summed E-state index contributed by atoms with van der Waals surface area (Å²) in [5.41, 5.74) is 23.3. The van der Waals surface area contributed by atoms with Gasteiger partial charge < -0.3 is 0 Å². The molecule has 0 amide bonds. The third kappa shape index (κ3) is 12.1. The number of pyridine rings is 3. The Bertz CT molecular complexity index is 5490. The molecular weight excluding hydrogens is 1350 g/mol. The number of nitrogens with zero attached hydrogens (tertiary/aromatic N) is 9. The van der Waals surface area contributed by atoms with Crippen molar-refractivity contribution in [2.45, 2.75) is 19.3 Å². The summed E-state index contributed by atoms with van der Waals surface area (Å²) in [5.74, 6) is 2.07. The van der Waals surface area contributed by atoms with Gasteiger partial charge in [0.25, 0.3) is 0 Å². The quantitative estimate of drug-likeness (QED) is 0.147. The molecule has 0 radical (unpaired) electrons. The molecule has 0 atom stereocenters. The molecule has 16 aromatic rings. The number of fused-ring (bicyclic) bond motifs is 7. The second kappa shape index (κ2) is 25.8. The fraction of sp³-hybridized carbons (Fsp3) is 0.0366. The first-order valence-corrected chi connectivity index (χ1v) is 33.1. The molecule has 0 saturated carbocycles. The van der Waals surface area contributed by atoms with Gasteiger partial charge in [0.15, 0.2) is 17.5 Å². The van der Waals surface area contributed by atoms with Crippen molar-refractivity contribution in [3.8, 4) is 101 Å². The maximum atomic E-state index is 5.06. The van der Waals surface area contributed by atoms with Gasteiger partial charge in [-0.3, -0.25) is 15.0 Å². The molecular formula is C82H54Br3N9. The van der Waals surface area contributed by atoms with Gasteiger partial charge in [-0.1, -0.05) is 231 Å². The first-order valence-electron chi connectivity index (χ1n) is 30.7. The standard InChI is InChI=1S/C31H20BrN3.C28H20BrN3.C23H14BrN3/c32-27-14-7-13-23(20-27)31-34-28-15-8-16-33-30(28)29(35-31)26-18-24(21-9-3-1-4-10-21)17-25(19-26)22-11-5-2-6-12-22;1-28(2)22-10-4-3-9-20(22)21-13-12-17(16-23(21)28)25-26-24(11-6-14-30-26)31-27(32-25)18-7-5-8-19(29)15-18;24-19-8-3-7-18(14-19)23-26-20-9-4-12-25-22(20)21(27-23)17-11-10-15-5-1-2-6-16(15)13-17/h1-20H;3-16H,1-2H3;1-14H. The van der Waals surface area contributed by atoms with E-state index in [9.17, 15) is 0 Å². The molecule has 12 heteroatoms. The van der Waals surface area contributed by atoms with E-state index in [4.69, 9.17) is 29.9 Å². The second-order valence-electron chi connectivity index (χ2n) is 23.4. The van der Waals surface area contributed by atoms with Gasteiger partial charge in [0.1, 0.15) is 33.6 Å². The first-order chi connectivity index (χ1) is 46.0. The lowest BCUT2D eigenvalue weighted by Gasteiger charge is -2.22. The van der Waals surface area contributed by atoms with E-state index in [2.05, 4.69) is 228 Å². The zero-order chi connectivity index (χ0) is 63.7. The summed E-state index contributed by atoms with van der Waals surface area (Å²) in [6, 6.07) is 93.5. The highest BCUT2D eigenvalue weighted by atomic mass is 79.9. The van der Waals surface area contributed by atoms with Crippen LogP contribution in [0.1, 0.15) is 25.0 Å². The lowest BCUT2D eigenvalue weighted by Crippen LogP contribution is -2.15. The Morgan fingerprint density at radius 3 is 1.14 bits per heavy atom. The molecule has 1 aliphatic rings. The predicted molar refractivity (Wildman–Crippen MR) is 394 cm³/mol. The zero-order valence-corrected chi connectivity index (χ0v) is 55.6. The van der Waals surface area contributed by atoms with Crippen molar-refractivity contribution in [1.29, 1.82) is 0 Å². The molecule has 0 bridgehead atoms. The van der Waals surface area contributed by atoms with Crippen molar-refractivity contribution in [2.24, 2.45) is 0 Å². The summed E-state index contributed by atoms with van der Waals surface area (Å²) < 4.78 is 2.99. The molecule has 1 aliphatic carbocycles. The van der Waals surface area contributed by atoms with Gasteiger partial charge in [0.05, 0.1) is 16.6 Å². The predicted octanol–water partition coefficient (Wildman–Crippen LogP) is 22.2. The minimum absolute atomic E-state index is 0.0642. The Morgan fingerprint density at radius 2 is 0.649 bits per heavy atom. The van der Waals surface area contributed by atoms with Crippen LogP contribution in [0, 0.1) is 0 Å². The van der Waals surface area contributed by atoms with Gasteiger partial charge in [0.2, 0.25) is 0 Å². The molecule has 448 valence electrons. The minimum atomic E-state index is -0.0642. The Kier molecular flexibility index (Phi) is 16.4. The highest BCUT2D eigenvalue weighted by Crippen LogP contribution is 2.50. The van der Waals surface area contributed by atoms with E-state index in [0.717, 1.165) is 119 Å². The fourth-order valence-electron chi connectivity index (χ4n) is 12.3. The van der Waals surface area contributed by atoms with Crippen LogP contribution < -0.4 is 0 Å². The number of halogens is 3. The number of aromatic nitrogens is 9. The largest absolute Gasteiger partial charge is 0.252 e. The van der Waals surface area contributed by atoms with Gasteiger partial charge in [-0.15, -0.1) is 0 Å². The van der Waals surface area contributed by atoms with Crippen molar-refractivity contribution >= 4 is 91.7 Å². The maximum absolute atomic E-state index is 5.06. The fourth-order valence-corrected chi connectivity index (χ4v) is 13.5. The van der Waals surface area contributed by atoms with Gasteiger partial charge in [-0.2, -0.15) is 0 Å². The van der Waals surface area contributed by atoms with Gasteiger partial charge >= 0.3 is 0 Å². The lowest BCUT2D eigenvalue weighted by atomic mass is 9.82. The summed E-state index contributed by atoms with van der Waals surface area (Å²) >= 11 is 10.7. The summed E-state index contributed by atoms with van der Waals surface area (Å²) in [6.45, 7) is 4.59. The number of benzene rings is 10. The Hall–Kier alpha value is -10.6. The smallest absolute Gasteiger partial charge is 0.160 e. The van der Waals surface area contributed by atoms with E-state index >= 15 is 0 Å². The summed E-state index contributed by atoms with van der Waals surface area (Å²) in [5, 5.41) is 2.39. The van der Waals surface area contributed by atoms with E-state index < -0.39 is 0 Å². The van der Waals surface area contributed by atoms with Crippen LogP contribution in [0.3, 0.4) is 0 Å². The van der Waals surface area contributed by atoms with Gasteiger partial charge in [-0.05, 0) is 158 Å². The molecule has 10 aromatic carbocycles. The van der Waals surface area contributed by atoms with Crippen molar-refractivity contribution in [2.75, 3.05) is 0 Å². The Labute approximate surface area is 568 Å². The zero-order valence-electron chi connectivity index (χ0n) is 50.9.